The van der Waals surface area contributed by atoms with Crippen LogP contribution in [0.2, 0.25) is 0 Å². The normalized spacial score (nSPS) is 10.1. The quantitative estimate of drug-likeness (QED) is 0.804. The van der Waals surface area contributed by atoms with Crippen molar-refractivity contribution in [3.63, 3.8) is 0 Å². The van der Waals surface area contributed by atoms with Crippen molar-refractivity contribution in [2.75, 3.05) is 0 Å². The van der Waals surface area contributed by atoms with Gasteiger partial charge in [0.2, 0.25) is 0 Å². The van der Waals surface area contributed by atoms with Crippen molar-refractivity contribution in [2.24, 2.45) is 0 Å². The Balaban J connectivity index is 1.96. The van der Waals surface area contributed by atoms with Gasteiger partial charge < -0.3 is 5.11 Å². The number of nitrogens with zero attached hydrogens (tertiary/aromatic N) is 2. The maximum atomic E-state index is 9.11. The van der Waals surface area contributed by atoms with Crippen LogP contribution in [-0.2, 0) is 5.75 Å². The van der Waals surface area contributed by atoms with Crippen molar-refractivity contribution >= 4 is 11.8 Å². The molecule has 0 aliphatic carbocycles. The first-order chi connectivity index (χ1) is 7.34. The first kappa shape index (κ1) is 9.98. The molecular formula is C11H10N2OS. The first-order valence-electron chi connectivity index (χ1n) is 4.51. The van der Waals surface area contributed by atoms with Crippen LogP contribution >= 0.6 is 11.8 Å². The average molecular weight is 218 g/mol. The molecule has 0 aliphatic rings. The van der Waals surface area contributed by atoms with E-state index in [2.05, 4.69) is 9.97 Å². The van der Waals surface area contributed by atoms with Gasteiger partial charge >= 0.3 is 0 Å². The summed E-state index contributed by atoms with van der Waals surface area (Å²) in [6.07, 6.45) is 5.11. The van der Waals surface area contributed by atoms with Crippen LogP contribution in [0.25, 0.3) is 0 Å². The third kappa shape index (κ3) is 2.95. The molecule has 2 aromatic rings. The third-order valence-corrected chi connectivity index (χ3v) is 2.89. The Bertz CT molecular complexity index is 416. The van der Waals surface area contributed by atoms with Crippen LogP contribution in [-0.4, -0.2) is 15.1 Å². The van der Waals surface area contributed by atoms with E-state index in [1.807, 2.05) is 12.1 Å². The highest BCUT2D eigenvalue weighted by molar-refractivity contribution is 7.98. The minimum Gasteiger partial charge on any atom is -0.508 e. The molecule has 1 aromatic carbocycles. The second-order valence-corrected chi connectivity index (χ2v) is 4.03. The molecule has 4 heteroatoms. The Labute approximate surface area is 92.2 Å². The van der Waals surface area contributed by atoms with E-state index in [1.165, 1.54) is 0 Å². The van der Waals surface area contributed by atoms with Crippen LogP contribution in [0.4, 0.5) is 0 Å². The minimum absolute atomic E-state index is 0.291. The Morgan fingerprint density at radius 2 is 1.93 bits per heavy atom. The van der Waals surface area contributed by atoms with Gasteiger partial charge in [-0.25, -0.2) is 0 Å². The Kier molecular flexibility index (Phi) is 3.19. The van der Waals surface area contributed by atoms with Crippen molar-refractivity contribution in [1.29, 1.82) is 0 Å². The van der Waals surface area contributed by atoms with E-state index in [0.29, 0.717) is 5.75 Å². The van der Waals surface area contributed by atoms with E-state index in [1.54, 1.807) is 42.5 Å². The molecule has 0 amide bonds. The van der Waals surface area contributed by atoms with Crippen molar-refractivity contribution < 1.29 is 5.11 Å². The predicted octanol–water partition coefficient (Wildman–Crippen LogP) is 2.47. The van der Waals surface area contributed by atoms with E-state index >= 15 is 0 Å². The summed E-state index contributed by atoms with van der Waals surface area (Å²) in [5.41, 5.74) is 0.954. The van der Waals surface area contributed by atoms with Gasteiger partial charge in [0.1, 0.15) is 5.75 Å². The van der Waals surface area contributed by atoms with Gasteiger partial charge in [0.15, 0.2) is 0 Å². The fourth-order valence-electron chi connectivity index (χ4n) is 1.10. The summed E-state index contributed by atoms with van der Waals surface area (Å²) >= 11 is 1.67. The highest BCUT2D eigenvalue weighted by atomic mass is 32.2. The number of phenols is 1. The molecule has 1 aromatic heterocycles. The maximum absolute atomic E-state index is 9.11. The molecule has 3 nitrogen and oxygen atoms in total. The summed E-state index contributed by atoms with van der Waals surface area (Å²) in [7, 11) is 0. The minimum atomic E-state index is 0.291. The Morgan fingerprint density at radius 3 is 2.60 bits per heavy atom. The second kappa shape index (κ2) is 4.79. The topological polar surface area (TPSA) is 46.0 Å². The van der Waals surface area contributed by atoms with E-state index in [9.17, 15) is 0 Å². The van der Waals surface area contributed by atoms with Gasteiger partial charge in [-0.05, 0) is 24.3 Å². The fourth-order valence-corrected chi connectivity index (χ4v) is 1.90. The number of phenolic OH excluding ortho intramolecular Hbond substituents is 1. The highest BCUT2D eigenvalue weighted by Crippen LogP contribution is 2.23. The summed E-state index contributed by atoms with van der Waals surface area (Å²) in [5, 5.41) is 9.11. The van der Waals surface area contributed by atoms with Crippen LogP contribution in [0.5, 0.6) is 5.75 Å². The lowest BCUT2D eigenvalue weighted by atomic mass is 10.3. The molecule has 1 heterocycles. The largest absolute Gasteiger partial charge is 0.508 e. The fraction of sp³-hybridized carbons (Fsp3) is 0.0909. The lowest BCUT2D eigenvalue weighted by molar-refractivity contribution is 0.475. The predicted molar refractivity (Wildman–Crippen MR) is 59.7 cm³/mol. The third-order valence-electron chi connectivity index (χ3n) is 1.84. The van der Waals surface area contributed by atoms with Crippen molar-refractivity contribution in [3.8, 4) is 5.75 Å². The molecule has 0 fully saturated rings. The number of hydrogen-bond acceptors (Lipinski definition) is 4. The van der Waals surface area contributed by atoms with Crippen LogP contribution in [0.1, 0.15) is 5.69 Å². The average Bonchev–Trinajstić information content (AvgIpc) is 2.30. The summed E-state index contributed by atoms with van der Waals surface area (Å²) in [6, 6.07) is 7.13. The molecule has 76 valence electrons. The lowest BCUT2D eigenvalue weighted by Gasteiger charge is -2.00. The van der Waals surface area contributed by atoms with E-state index < -0.39 is 0 Å². The zero-order valence-electron chi connectivity index (χ0n) is 8.00. The number of rotatable bonds is 3. The van der Waals surface area contributed by atoms with Crippen molar-refractivity contribution in [1.82, 2.24) is 9.97 Å². The maximum Gasteiger partial charge on any atom is 0.115 e. The SMILES string of the molecule is Oc1ccc(SCc2cnccn2)cc1. The smallest absolute Gasteiger partial charge is 0.115 e. The molecule has 0 atom stereocenters. The first-order valence-corrected chi connectivity index (χ1v) is 5.50. The van der Waals surface area contributed by atoms with Crippen LogP contribution < -0.4 is 0 Å². The molecule has 2 rings (SSSR count). The lowest BCUT2D eigenvalue weighted by Crippen LogP contribution is -1.86. The molecular weight excluding hydrogens is 208 g/mol. The number of aromatic hydroxyl groups is 1. The van der Waals surface area contributed by atoms with Crippen LogP contribution in [0.3, 0.4) is 0 Å². The van der Waals surface area contributed by atoms with Crippen LogP contribution in [0, 0.1) is 0 Å². The van der Waals surface area contributed by atoms with Gasteiger partial charge in [-0.3, -0.25) is 9.97 Å². The molecule has 0 saturated carbocycles. The number of hydrogen-bond donors (Lipinski definition) is 1. The molecule has 0 unspecified atom stereocenters. The summed E-state index contributed by atoms with van der Waals surface area (Å²) in [6.45, 7) is 0. The van der Waals surface area contributed by atoms with Gasteiger partial charge in [-0.15, -0.1) is 11.8 Å². The Morgan fingerprint density at radius 1 is 1.13 bits per heavy atom. The van der Waals surface area contributed by atoms with Crippen molar-refractivity contribution in [2.45, 2.75) is 10.6 Å². The molecule has 0 saturated heterocycles. The van der Waals surface area contributed by atoms with Gasteiger partial charge in [0.05, 0.1) is 5.69 Å². The van der Waals surface area contributed by atoms with Crippen molar-refractivity contribution in [3.05, 3.63) is 48.5 Å². The van der Waals surface area contributed by atoms with Gasteiger partial charge in [-0.2, -0.15) is 0 Å². The van der Waals surface area contributed by atoms with Gasteiger partial charge in [-0.1, -0.05) is 0 Å². The zero-order chi connectivity index (χ0) is 10.5. The number of benzene rings is 1. The number of aromatic nitrogens is 2. The standard InChI is InChI=1S/C11H10N2OS/c14-10-1-3-11(4-2-10)15-8-9-7-12-5-6-13-9/h1-7,14H,8H2. The molecule has 0 spiro atoms. The summed E-state index contributed by atoms with van der Waals surface area (Å²) in [5.74, 6) is 1.08. The molecule has 0 radical (unpaired) electrons. The van der Waals surface area contributed by atoms with Crippen LogP contribution in [0.15, 0.2) is 47.8 Å². The van der Waals surface area contributed by atoms with E-state index in [4.69, 9.17) is 5.11 Å². The van der Waals surface area contributed by atoms with E-state index in [0.717, 1.165) is 16.3 Å². The monoisotopic (exact) mass is 218 g/mol. The Hall–Kier alpha value is -1.55. The highest BCUT2D eigenvalue weighted by Gasteiger charge is 1.97. The number of thioether (sulfide) groups is 1. The second-order valence-electron chi connectivity index (χ2n) is 2.98. The zero-order valence-corrected chi connectivity index (χ0v) is 8.81. The van der Waals surface area contributed by atoms with Gasteiger partial charge in [0.25, 0.3) is 0 Å². The molecule has 15 heavy (non-hydrogen) atoms. The van der Waals surface area contributed by atoms with E-state index in [-0.39, 0.29) is 0 Å². The molecule has 0 aliphatic heterocycles. The summed E-state index contributed by atoms with van der Waals surface area (Å²) in [4.78, 5) is 9.28. The molecule has 1 N–H and O–H groups in total. The molecule has 0 bridgehead atoms. The van der Waals surface area contributed by atoms with Gasteiger partial charge in [0, 0.05) is 29.2 Å². The summed E-state index contributed by atoms with van der Waals surface area (Å²) < 4.78 is 0.